The predicted octanol–water partition coefficient (Wildman–Crippen LogP) is -0.380. The number of ether oxygens (including phenoxy) is 1. The van der Waals surface area contributed by atoms with E-state index in [-0.39, 0.29) is 23.7 Å². The summed E-state index contributed by atoms with van der Waals surface area (Å²) in [7, 11) is 0. The van der Waals surface area contributed by atoms with Crippen molar-refractivity contribution in [2.45, 2.75) is 6.42 Å². The van der Waals surface area contributed by atoms with E-state index in [2.05, 4.69) is 14.9 Å². The average molecular weight is 345 g/mol. The Labute approximate surface area is 146 Å². The van der Waals surface area contributed by atoms with Gasteiger partial charge in [0.25, 0.3) is 0 Å². The molecule has 0 spiro atoms. The lowest BCUT2D eigenvalue weighted by atomic mass is 10.2. The number of piperazine rings is 1. The average Bonchev–Trinajstić information content (AvgIpc) is 3.49. The van der Waals surface area contributed by atoms with Crippen molar-refractivity contribution in [1.29, 1.82) is 0 Å². The highest BCUT2D eigenvalue weighted by molar-refractivity contribution is 5.92. The number of rotatable bonds is 3. The van der Waals surface area contributed by atoms with E-state index in [1.807, 2.05) is 9.80 Å². The lowest BCUT2D eigenvalue weighted by molar-refractivity contribution is -0.140. The molecular weight excluding hydrogens is 322 g/mol. The van der Waals surface area contributed by atoms with Gasteiger partial charge < -0.3 is 19.4 Å². The molecule has 2 aliphatic heterocycles. The molecule has 134 valence electrons. The first-order chi connectivity index (χ1) is 12.2. The van der Waals surface area contributed by atoms with Crippen molar-refractivity contribution in [3.8, 4) is 0 Å². The highest BCUT2D eigenvalue weighted by Gasteiger charge is 2.51. The van der Waals surface area contributed by atoms with Crippen LogP contribution < -0.4 is 4.90 Å². The minimum atomic E-state index is -0.130. The van der Waals surface area contributed by atoms with E-state index in [1.54, 1.807) is 18.5 Å². The maximum absolute atomic E-state index is 12.7. The van der Waals surface area contributed by atoms with Gasteiger partial charge in [-0.05, 0) is 12.5 Å². The van der Waals surface area contributed by atoms with Gasteiger partial charge in [0.05, 0.1) is 25.0 Å². The van der Waals surface area contributed by atoms with E-state index in [1.165, 1.54) is 0 Å². The number of aromatic nitrogens is 2. The second-order valence-electron chi connectivity index (χ2n) is 6.75. The Hall–Kier alpha value is -2.22. The molecule has 25 heavy (non-hydrogen) atoms. The Morgan fingerprint density at radius 2 is 1.44 bits per heavy atom. The summed E-state index contributed by atoms with van der Waals surface area (Å²) in [5, 5.41) is 0. The lowest BCUT2D eigenvalue weighted by Gasteiger charge is -2.35. The van der Waals surface area contributed by atoms with Gasteiger partial charge in [-0.3, -0.25) is 9.59 Å². The van der Waals surface area contributed by atoms with Crippen LogP contribution in [0.4, 0.5) is 5.95 Å². The molecule has 3 heterocycles. The fourth-order valence-electron chi connectivity index (χ4n) is 3.57. The number of morpholine rings is 1. The summed E-state index contributed by atoms with van der Waals surface area (Å²) in [6, 6.07) is 1.79. The second kappa shape index (κ2) is 6.95. The van der Waals surface area contributed by atoms with E-state index in [4.69, 9.17) is 4.74 Å². The van der Waals surface area contributed by atoms with E-state index in [0.717, 1.165) is 13.1 Å². The van der Waals surface area contributed by atoms with Crippen LogP contribution in [0.1, 0.15) is 6.42 Å². The molecule has 8 nitrogen and oxygen atoms in total. The van der Waals surface area contributed by atoms with Crippen molar-refractivity contribution in [3.05, 3.63) is 18.5 Å². The molecule has 2 unspecified atom stereocenters. The first kappa shape index (κ1) is 16.3. The zero-order chi connectivity index (χ0) is 17.2. The SMILES string of the molecule is O=C(C1CC1C(=O)N1CCN(c2ncccn2)CC1)N1CCOCC1. The topological polar surface area (TPSA) is 78.9 Å². The summed E-state index contributed by atoms with van der Waals surface area (Å²) in [4.78, 5) is 39.5. The molecule has 1 aromatic rings. The zero-order valence-corrected chi connectivity index (χ0v) is 14.2. The van der Waals surface area contributed by atoms with Crippen LogP contribution in [-0.2, 0) is 14.3 Å². The monoisotopic (exact) mass is 345 g/mol. The van der Waals surface area contributed by atoms with Crippen LogP contribution in [0.2, 0.25) is 0 Å². The van der Waals surface area contributed by atoms with E-state index in [0.29, 0.717) is 51.8 Å². The van der Waals surface area contributed by atoms with Crippen LogP contribution in [0.3, 0.4) is 0 Å². The van der Waals surface area contributed by atoms with Gasteiger partial charge >= 0.3 is 0 Å². The fourth-order valence-corrected chi connectivity index (χ4v) is 3.57. The van der Waals surface area contributed by atoms with Gasteiger partial charge in [-0.2, -0.15) is 0 Å². The van der Waals surface area contributed by atoms with Crippen molar-refractivity contribution in [2.75, 3.05) is 57.4 Å². The molecule has 3 fully saturated rings. The van der Waals surface area contributed by atoms with E-state index >= 15 is 0 Å². The number of amides is 2. The molecule has 8 heteroatoms. The summed E-state index contributed by atoms with van der Waals surface area (Å²) in [5.74, 6) is 0.704. The fraction of sp³-hybridized carbons (Fsp3) is 0.647. The van der Waals surface area contributed by atoms with Crippen molar-refractivity contribution in [1.82, 2.24) is 19.8 Å². The molecule has 4 rings (SSSR count). The van der Waals surface area contributed by atoms with Crippen LogP contribution in [0.15, 0.2) is 18.5 Å². The Morgan fingerprint density at radius 1 is 0.880 bits per heavy atom. The van der Waals surface area contributed by atoms with Gasteiger partial charge in [0.1, 0.15) is 0 Å². The standard InChI is InChI=1S/C17H23N5O3/c23-15(13-12-14(13)16(24)21-8-10-25-11-9-21)20-4-6-22(7-5-20)17-18-2-1-3-19-17/h1-3,13-14H,4-12H2. The largest absolute Gasteiger partial charge is 0.378 e. The van der Waals surface area contributed by atoms with E-state index < -0.39 is 0 Å². The number of anilines is 1. The molecule has 1 aromatic heterocycles. The predicted molar refractivity (Wildman–Crippen MR) is 89.8 cm³/mol. The van der Waals surface area contributed by atoms with Crippen molar-refractivity contribution < 1.29 is 14.3 Å². The minimum Gasteiger partial charge on any atom is -0.378 e. The van der Waals surface area contributed by atoms with Gasteiger partial charge in [0, 0.05) is 51.7 Å². The smallest absolute Gasteiger partial charge is 0.226 e. The second-order valence-corrected chi connectivity index (χ2v) is 6.75. The molecule has 1 saturated carbocycles. The van der Waals surface area contributed by atoms with Crippen LogP contribution >= 0.6 is 0 Å². The minimum absolute atomic E-state index is 0.123. The summed E-state index contributed by atoms with van der Waals surface area (Å²) in [5.41, 5.74) is 0. The third-order valence-electron chi connectivity index (χ3n) is 5.17. The Bertz CT molecular complexity index is 626. The van der Waals surface area contributed by atoms with Gasteiger partial charge in [0.2, 0.25) is 17.8 Å². The highest BCUT2D eigenvalue weighted by atomic mass is 16.5. The molecule has 3 aliphatic rings. The molecule has 0 bridgehead atoms. The quantitative estimate of drug-likeness (QED) is 0.743. The van der Waals surface area contributed by atoms with Gasteiger partial charge in [0.15, 0.2) is 0 Å². The normalized spacial score (nSPS) is 26.5. The Morgan fingerprint density at radius 3 is 2.04 bits per heavy atom. The Kier molecular flexibility index (Phi) is 4.52. The summed E-state index contributed by atoms with van der Waals surface area (Å²) < 4.78 is 5.28. The lowest BCUT2D eigenvalue weighted by Crippen LogP contribution is -2.50. The van der Waals surface area contributed by atoms with Gasteiger partial charge in [-0.25, -0.2) is 9.97 Å². The molecule has 0 radical (unpaired) electrons. The summed E-state index contributed by atoms with van der Waals surface area (Å²) >= 11 is 0. The summed E-state index contributed by atoms with van der Waals surface area (Å²) in [6.07, 6.45) is 4.15. The molecular formula is C17H23N5O3. The number of carbonyl (C=O) groups is 2. The van der Waals surface area contributed by atoms with Gasteiger partial charge in [-0.15, -0.1) is 0 Å². The Balaban J connectivity index is 1.28. The maximum atomic E-state index is 12.7. The summed E-state index contributed by atoms with van der Waals surface area (Å²) in [6.45, 7) is 5.26. The molecule has 1 aliphatic carbocycles. The van der Waals surface area contributed by atoms with Crippen molar-refractivity contribution in [2.24, 2.45) is 11.8 Å². The number of nitrogens with zero attached hydrogens (tertiary/aromatic N) is 5. The zero-order valence-electron chi connectivity index (χ0n) is 14.2. The van der Waals surface area contributed by atoms with Crippen LogP contribution in [0, 0.1) is 11.8 Å². The number of carbonyl (C=O) groups excluding carboxylic acids is 2. The highest BCUT2D eigenvalue weighted by Crippen LogP contribution is 2.41. The molecule has 2 amide bonds. The number of hydrogen-bond donors (Lipinski definition) is 0. The van der Waals surface area contributed by atoms with Crippen molar-refractivity contribution >= 4 is 17.8 Å². The molecule has 2 saturated heterocycles. The molecule has 0 aromatic carbocycles. The first-order valence-electron chi connectivity index (χ1n) is 8.91. The van der Waals surface area contributed by atoms with Crippen LogP contribution in [0.5, 0.6) is 0 Å². The third kappa shape index (κ3) is 3.44. The molecule has 0 N–H and O–H groups in total. The van der Waals surface area contributed by atoms with Gasteiger partial charge in [-0.1, -0.05) is 0 Å². The third-order valence-corrected chi connectivity index (χ3v) is 5.17. The maximum Gasteiger partial charge on any atom is 0.226 e. The number of hydrogen-bond acceptors (Lipinski definition) is 6. The van der Waals surface area contributed by atoms with Crippen LogP contribution in [0.25, 0.3) is 0 Å². The first-order valence-corrected chi connectivity index (χ1v) is 8.91. The van der Waals surface area contributed by atoms with Crippen molar-refractivity contribution in [3.63, 3.8) is 0 Å². The van der Waals surface area contributed by atoms with Crippen LogP contribution in [-0.4, -0.2) is 84.1 Å². The van der Waals surface area contributed by atoms with E-state index in [9.17, 15) is 9.59 Å². The molecule has 2 atom stereocenters.